The zero-order valence-electron chi connectivity index (χ0n) is 12.6. The van der Waals surface area contributed by atoms with E-state index in [-0.39, 0.29) is 5.78 Å². The predicted molar refractivity (Wildman–Crippen MR) is 78.9 cm³/mol. The van der Waals surface area contributed by atoms with Crippen molar-refractivity contribution in [1.82, 2.24) is 4.98 Å². The van der Waals surface area contributed by atoms with Gasteiger partial charge in [0.2, 0.25) is 5.95 Å². The lowest BCUT2D eigenvalue weighted by atomic mass is 9.74. The lowest BCUT2D eigenvalue weighted by Crippen LogP contribution is -2.29. The highest BCUT2D eigenvalue weighted by Gasteiger charge is 2.25. The summed E-state index contributed by atoms with van der Waals surface area (Å²) in [6.07, 6.45) is 5.44. The summed E-state index contributed by atoms with van der Waals surface area (Å²) in [4.78, 5) is 13.9. The Morgan fingerprint density at radius 3 is 2.60 bits per heavy atom. The summed E-state index contributed by atoms with van der Waals surface area (Å²) in [7, 11) is 0. The number of hydrogen-bond acceptors (Lipinski definition) is 3. The van der Waals surface area contributed by atoms with Gasteiger partial charge in [-0.25, -0.2) is 4.98 Å². The molecule has 1 aliphatic carbocycles. The van der Waals surface area contributed by atoms with Gasteiger partial charge in [0.15, 0.2) is 5.78 Å². The van der Waals surface area contributed by atoms with Crippen LogP contribution in [-0.2, 0) is 0 Å². The molecule has 3 nitrogen and oxygen atoms in total. The van der Waals surface area contributed by atoms with Gasteiger partial charge in [0, 0.05) is 17.8 Å². The fraction of sp³-hybridized carbons (Fsp3) is 0.625. The predicted octanol–water partition coefficient (Wildman–Crippen LogP) is 3.44. The third-order valence-corrected chi connectivity index (χ3v) is 4.31. The van der Waals surface area contributed by atoms with Crippen molar-refractivity contribution in [3.05, 3.63) is 29.8 Å². The van der Waals surface area contributed by atoms with Crippen LogP contribution in [0, 0.1) is 23.7 Å². The van der Waals surface area contributed by atoms with Crippen molar-refractivity contribution in [2.24, 2.45) is 23.5 Å². The second-order valence-electron chi connectivity index (χ2n) is 5.69. The van der Waals surface area contributed by atoms with Crippen LogP contribution in [0.2, 0.25) is 0 Å². The number of Topliss-reactive ketones (excluding diaryl/α,β-unsaturated/α-hetero) is 1. The van der Waals surface area contributed by atoms with Crippen molar-refractivity contribution < 1.29 is 9.18 Å². The Morgan fingerprint density at radius 1 is 1.45 bits per heavy atom. The summed E-state index contributed by atoms with van der Waals surface area (Å²) in [6, 6.07) is 2.59. The quantitative estimate of drug-likeness (QED) is 0.667. The van der Waals surface area contributed by atoms with Crippen molar-refractivity contribution in [1.29, 1.82) is 0 Å². The second kappa shape index (κ2) is 8.10. The highest BCUT2D eigenvalue weighted by Crippen LogP contribution is 2.33. The number of halogens is 1. The number of aromatic nitrogens is 1. The Hall–Kier alpha value is -1.29. The molecular formula is C16H25FN2O. The lowest BCUT2D eigenvalue weighted by molar-refractivity contribution is 0.101. The number of pyridine rings is 1. The van der Waals surface area contributed by atoms with Crippen LogP contribution in [0.15, 0.2) is 18.3 Å². The highest BCUT2D eigenvalue weighted by atomic mass is 19.1. The zero-order chi connectivity index (χ0) is 15.1. The molecular weight excluding hydrogens is 255 g/mol. The van der Waals surface area contributed by atoms with E-state index in [1.54, 1.807) is 0 Å². The summed E-state index contributed by atoms with van der Waals surface area (Å²) in [5.41, 5.74) is 6.01. The molecule has 1 fully saturated rings. The minimum atomic E-state index is -0.618. The molecule has 0 radical (unpaired) electrons. The van der Waals surface area contributed by atoms with Gasteiger partial charge in [-0.1, -0.05) is 26.7 Å². The molecule has 112 valence electrons. The Bertz CT molecular complexity index is 436. The van der Waals surface area contributed by atoms with Crippen molar-refractivity contribution >= 4 is 5.78 Å². The highest BCUT2D eigenvalue weighted by molar-refractivity contribution is 5.93. The SMILES string of the molecule is CC(=O)c1ccnc(F)c1.CC1C(CN)CCC[C@H]1C. The molecule has 0 saturated heterocycles. The molecule has 2 unspecified atom stereocenters. The maximum absolute atomic E-state index is 12.3. The first-order chi connectivity index (χ1) is 9.45. The van der Waals surface area contributed by atoms with Crippen molar-refractivity contribution in [2.75, 3.05) is 6.54 Å². The van der Waals surface area contributed by atoms with Crippen LogP contribution in [-0.4, -0.2) is 17.3 Å². The molecule has 0 aliphatic heterocycles. The van der Waals surface area contributed by atoms with Gasteiger partial charge in [-0.3, -0.25) is 4.79 Å². The van der Waals surface area contributed by atoms with Crippen LogP contribution < -0.4 is 5.73 Å². The van der Waals surface area contributed by atoms with E-state index in [4.69, 9.17) is 5.73 Å². The van der Waals surface area contributed by atoms with Gasteiger partial charge in [0.05, 0.1) is 0 Å². The Kier molecular flexibility index (Phi) is 6.79. The van der Waals surface area contributed by atoms with E-state index < -0.39 is 5.95 Å². The average Bonchev–Trinajstić information content (AvgIpc) is 2.42. The minimum absolute atomic E-state index is 0.152. The van der Waals surface area contributed by atoms with Crippen molar-refractivity contribution in [3.8, 4) is 0 Å². The molecule has 2 N–H and O–H groups in total. The van der Waals surface area contributed by atoms with E-state index >= 15 is 0 Å². The average molecular weight is 280 g/mol. The lowest BCUT2D eigenvalue weighted by Gasteiger charge is -2.33. The molecule has 4 heteroatoms. The number of ketones is 1. The van der Waals surface area contributed by atoms with Gasteiger partial charge in [-0.05, 0) is 43.7 Å². The van der Waals surface area contributed by atoms with Gasteiger partial charge in [-0.15, -0.1) is 0 Å². The second-order valence-corrected chi connectivity index (χ2v) is 5.69. The molecule has 0 aromatic carbocycles. The van der Waals surface area contributed by atoms with E-state index in [1.807, 2.05) is 0 Å². The fourth-order valence-electron chi connectivity index (χ4n) is 2.65. The summed E-state index contributed by atoms with van der Waals surface area (Å²) in [5, 5.41) is 0. The van der Waals surface area contributed by atoms with Crippen LogP contribution in [0.25, 0.3) is 0 Å². The van der Waals surface area contributed by atoms with E-state index in [2.05, 4.69) is 18.8 Å². The molecule has 0 spiro atoms. The number of rotatable bonds is 2. The molecule has 20 heavy (non-hydrogen) atoms. The summed E-state index contributed by atoms with van der Waals surface area (Å²) >= 11 is 0. The third kappa shape index (κ3) is 5.00. The van der Waals surface area contributed by atoms with E-state index in [1.165, 1.54) is 38.4 Å². The first-order valence-electron chi connectivity index (χ1n) is 7.28. The van der Waals surface area contributed by atoms with Crippen LogP contribution in [0.4, 0.5) is 4.39 Å². The smallest absolute Gasteiger partial charge is 0.213 e. The molecule has 2 rings (SSSR count). The number of nitrogens with zero attached hydrogens (tertiary/aromatic N) is 1. The Labute approximate surface area is 120 Å². The summed E-state index contributed by atoms with van der Waals surface area (Å²) in [5.74, 6) is 1.80. The van der Waals surface area contributed by atoms with Gasteiger partial charge < -0.3 is 5.73 Å². The molecule has 1 heterocycles. The molecule has 0 bridgehead atoms. The van der Waals surface area contributed by atoms with Crippen LogP contribution in [0.1, 0.15) is 50.4 Å². The van der Waals surface area contributed by atoms with Crippen LogP contribution in [0.5, 0.6) is 0 Å². The van der Waals surface area contributed by atoms with Gasteiger partial charge in [0.25, 0.3) is 0 Å². The van der Waals surface area contributed by atoms with Gasteiger partial charge in [-0.2, -0.15) is 4.39 Å². The van der Waals surface area contributed by atoms with E-state index in [0.29, 0.717) is 5.56 Å². The number of nitrogens with two attached hydrogens (primary N) is 1. The number of hydrogen-bond donors (Lipinski definition) is 1. The number of carbonyl (C=O) groups is 1. The Balaban J connectivity index is 0.000000200. The normalized spacial score (nSPS) is 25.6. The van der Waals surface area contributed by atoms with Gasteiger partial charge >= 0.3 is 0 Å². The standard InChI is InChI=1S/C9H19N.C7H6FNO/c1-7-4-3-5-9(6-10)8(7)2;1-5(10)6-2-3-9-7(8)4-6/h7-9H,3-6,10H2,1-2H3;2-4H,1H3/t7-,8?,9?;/m1./s1. The largest absolute Gasteiger partial charge is 0.330 e. The third-order valence-electron chi connectivity index (χ3n) is 4.31. The van der Waals surface area contributed by atoms with Crippen LogP contribution in [0.3, 0.4) is 0 Å². The van der Waals surface area contributed by atoms with E-state index in [9.17, 15) is 9.18 Å². The first-order valence-corrected chi connectivity index (χ1v) is 7.28. The van der Waals surface area contributed by atoms with Crippen molar-refractivity contribution in [2.45, 2.75) is 40.0 Å². The summed E-state index contributed by atoms with van der Waals surface area (Å²) < 4.78 is 12.3. The minimum Gasteiger partial charge on any atom is -0.330 e. The van der Waals surface area contributed by atoms with E-state index in [0.717, 1.165) is 30.4 Å². The number of carbonyl (C=O) groups excluding carboxylic acids is 1. The van der Waals surface area contributed by atoms with Crippen molar-refractivity contribution in [3.63, 3.8) is 0 Å². The molecule has 1 aliphatic rings. The molecule has 3 atom stereocenters. The summed E-state index contributed by atoms with van der Waals surface area (Å²) in [6.45, 7) is 6.98. The first kappa shape index (κ1) is 16.8. The fourth-order valence-corrected chi connectivity index (χ4v) is 2.65. The maximum Gasteiger partial charge on any atom is 0.213 e. The molecule has 0 amide bonds. The zero-order valence-corrected chi connectivity index (χ0v) is 12.6. The molecule has 1 aromatic rings. The topological polar surface area (TPSA) is 56.0 Å². The molecule has 1 saturated carbocycles. The monoisotopic (exact) mass is 280 g/mol. The van der Waals surface area contributed by atoms with Crippen LogP contribution >= 0.6 is 0 Å². The maximum atomic E-state index is 12.3. The van der Waals surface area contributed by atoms with Gasteiger partial charge in [0.1, 0.15) is 0 Å². The Morgan fingerprint density at radius 2 is 2.15 bits per heavy atom. The molecule has 1 aromatic heterocycles.